The molecule has 2 rings (SSSR count). The number of halogens is 3. The minimum atomic E-state index is -1.26. The molecule has 0 fully saturated rings. The van der Waals surface area contributed by atoms with Crippen LogP contribution in [0.25, 0.3) is 0 Å². The van der Waals surface area contributed by atoms with Crippen LogP contribution in [-0.4, -0.2) is 11.1 Å². The van der Waals surface area contributed by atoms with Gasteiger partial charge in [-0.05, 0) is 18.2 Å². The summed E-state index contributed by atoms with van der Waals surface area (Å²) in [6.45, 7) is 0. The summed E-state index contributed by atoms with van der Waals surface area (Å²) >= 11 is 2.95. The first-order chi connectivity index (χ1) is 8.47. The average Bonchev–Trinajstić information content (AvgIpc) is 2.71. The van der Waals surface area contributed by atoms with Crippen LogP contribution in [0.5, 0.6) is 0 Å². The van der Waals surface area contributed by atoms with Crippen LogP contribution in [0.1, 0.15) is 10.6 Å². The molecule has 1 aromatic heterocycles. The fourth-order valence-corrected chi connectivity index (χ4v) is 1.71. The van der Waals surface area contributed by atoms with E-state index in [2.05, 4.69) is 21.2 Å². The van der Waals surface area contributed by atoms with Gasteiger partial charge in [-0.1, -0.05) is 15.9 Å². The van der Waals surface area contributed by atoms with Crippen molar-refractivity contribution < 1.29 is 23.1 Å². The van der Waals surface area contributed by atoms with Gasteiger partial charge in [0.2, 0.25) is 5.76 Å². The Labute approximate surface area is 108 Å². The molecule has 0 radical (unpaired) electrons. The maximum atomic E-state index is 13.5. The SMILES string of the molecule is O=C(O)c1ccc(Nc2c(F)cc(Br)cc2F)o1. The fraction of sp³-hybridized carbons (Fsp3) is 0. The van der Waals surface area contributed by atoms with Crippen LogP contribution in [0.2, 0.25) is 0 Å². The van der Waals surface area contributed by atoms with Crippen LogP contribution >= 0.6 is 15.9 Å². The number of benzene rings is 1. The van der Waals surface area contributed by atoms with Crippen LogP contribution in [0.3, 0.4) is 0 Å². The number of hydrogen-bond acceptors (Lipinski definition) is 3. The maximum absolute atomic E-state index is 13.5. The van der Waals surface area contributed by atoms with Crippen molar-refractivity contribution in [3.63, 3.8) is 0 Å². The topological polar surface area (TPSA) is 62.5 Å². The second-order valence-electron chi connectivity index (χ2n) is 3.34. The van der Waals surface area contributed by atoms with Gasteiger partial charge in [0.15, 0.2) is 17.5 Å². The number of nitrogens with one attached hydrogen (secondary N) is 1. The molecule has 0 atom stereocenters. The minimum absolute atomic E-state index is 0.0625. The van der Waals surface area contributed by atoms with Crippen molar-refractivity contribution in [1.82, 2.24) is 0 Å². The largest absolute Gasteiger partial charge is 0.475 e. The van der Waals surface area contributed by atoms with Crippen LogP contribution in [-0.2, 0) is 0 Å². The fourth-order valence-electron chi connectivity index (χ4n) is 1.30. The van der Waals surface area contributed by atoms with Crippen LogP contribution in [0.4, 0.5) is 20.4 Å². The standard InChI is InChI=1S/C11H6BrF2NO3/c12-5-3-6(13)10(7(14)4-5)15-9-2-1-8(18-9)11(16)17/h1-4,15H,(H,16,17). The number of carboxylic acids is 1. The number of rotatable bonds is 3. The molecule has 94 valence electrons. The summed E-state index contributed by atoms with van der Waals surface area (Å²) in [6, 6.07) is 4.60. The Morgan fingerprint density at radius 3 is 2.39 bits per heavy atom. The van der Waals surface area contributed by atoms with Gasteiger partial charge in [-0.2, -0.15) is 0 Å². The van der Waals surface area contributed by atoms with E-state index in [1.807, 2.05) is 0 Å². The Hall–Kier alpha value is -1.89. The Kier molecular flexibility index (Phi) is 3.33. The lowest BCUT2D eigenvalue weighted by Gasteiger charge is -2.06. The van der Waals surface area contributed by atoms with Crippen LogP contribution in [0.15, 0.2) is 33.2 Å². The predicted molar refractivity (Wildman–Crippen MR) is 63.0 cm³/mol. The number of hydrogen-bond donors (Lipinski definition) is 2. The van der Waals surface area contributed by atoms with Gasteiger partial charge in [0.05, 0.1) is 0 Å². The van der Waals surface area contributed by atoms with Gasteiger partial charge in [0.1, 0.15) is 5.69 Å². The Morgan fingerprint density at radius 1 is 1.28 bits per heavy atom. The molecule has 2 aromatic rings. The maximum Gasteiger partial charge on any atom is 0.371 e. The lowest BCUT2D eigenvalue weighted by Crippen LogP contribution is -1.97. The molecule has 0 aliphatic carbocycles. The van der Waals surface area contributed by atoms with E-state index in [0.29, 0.717) is 0 Å². The van der Waals surface area contributed by atoms with Crippen molar-refractivity contribution in [1.29, 1.82) is 0 Å². The smallest absolute Gasteiger partial charge is 0.371 e. The normalized spacial score (nSPS) is 10.4. The van der Waals surface area contributed by atoms with Gasteiger partial charge >= 0.3 is 5.97 Å². The second kappa shape index (κ2) is 4.77. The number of aromatic carboxylic acids is 1. The predicted octanol–water partition coefficient (Wildman–Crippen LogP) is 3.76. The van der Waals surface area contributed by atoms with Gasteiger partial charge in [0, 0.05) is 10.5 Å². The highest BCUT2D eigenvalue weighted by Gasteiger charge is 2.14. The van der Waals surface area contributed by atoms with Crippen molar-refractivity contribution in [3.05, 3.63) is 46.1 Å². The molecule has 0 saturated carbocycles. The summed E-state index contributed by atoms with van der Waals surface area (Å²) in [7, 11) is 0. The van der Waals surface area contributed by atoms with E-state index in [1.54, 1.807) is 0 Å². The van der Waals surface area contributed by atoms with Gasteiger partial charge in [-0.15, -0.1) is 0 Å². The van der Waals surface area contributed by atoms with Gasteiger partial charge in [-0.25, -0.2) is 13.6 Å². The van der Waals surface area contributed by atoms with Gasteiger partial charge in [0.25, 0.3) is 0 Å². The summed E-state index contributed by atoms with van der Waals surface area (Å²) in [5.74, 6) is -3.30. The molecular weight excluding hydrogens is 312 g/mol. The molecule has 1 aromatic carbocycles. The third-order valence-corrected chi connectivity index (χ3v) is 2.53. The highest BCUT2D eigenvalue weighted by Crippen LogP contribution is 2.27. The highest BCUT2D eigenvalue weighted by atomic mass is 79.9. The Morgan fingerprint density at radius 2 is 1.89 bits per heavy atom. The molecule has 2 N–H and O–H groups in total. The first-order valence-electron chi connectivity index (χ1n) is 4.72. The lowest BCUT2D eigenvalue weighted by atomic mass is 10.3. The molecule has 4 nitrogen and oxygen atoms in total. The summed E-state index contributed by atoms with van der Waals surface area (Å²) in [5, 5.41) is 11.0. The number of furan rings is 1. The molecule has 18 heavy (non-hydrogen) atoms. The molecular formula is C11H6BrF2NO3. The monoisotopic (exact) mass is 317 g/mol. The van der Waals surface area contributed by atoms with E-state index in [9.17, 15) is 13.6 Å². The third kappa shape index (κ3) is 2.51. The van der Waals surface area contributed by atoms with Gasteiger partial charge < -0.3 is 14.8 Å². The Bertz CT molecular complexity index is 589. The zero-order valence-electron chi connectivity index (χ0n) is 8.71. The van der Waals surface area contributed by atoms with Crippen molar-refractivity contribution in [3.8, 4) is 0 Å². The van der Waals surface area contributed by atoms with E-state index in [0.717, 1.165) is 12.1 Å². The van der Waals surface area contributed by atoms with E-state index in [1.165, 1.54) is 12.1 Å². The van der Waals surface area contributed by atoms with E-state index in [-0.39, 0.29) is 16.1 Å². The minimum Gasteiger partial charge on any atom is -0.475 e. The van der Waals surface area contributed by atoms with E-state index < -0.39 is 23.3 Å². The molecule has 0 aliphatic rings. The average molecular weight is 318 g/mol. The molecule has 0 aliphatic heterocycles. The van der Waals surface area contributed by atoms with Crippen LogP contribution in [0, 0.1) is 11.6 Å². The zero-order valence-corrected chi connectivity index (χ0v) is 10.3. The molecule has 0 amide bonds. The number of carbonyl (C=O) groups is 1. The highest BCUT2D eigenvalue weighted by molar-refractivity contribution is 9.10. The number of carboxylic acid groups (broad SMARTS) is 1. The van der Waals surface area contributed by atoms with Crippen molar-refractivity contribution in [2.45, 2.75) is 0 Å². The van der Waals surface area contributed by atoms with Crippen molar-refractivity contribution in [2.24, 2.45) is 0 Å². The van der Waals surface area contributed by atoms with E-state index >= 15 is 0 Å². The van der Waals surface area contributed by atoms with Crippen molar-refractivity contribution >= 4 is 33.5 Å². The van der Waals surface area contributed by atoms with Crippen molar-refractivity contribution in [2.75, 3.05) is 5.32 Å². The summed E-state index contributed by atoms with van der Waals surface area (Å²) in [5.41, 5.74) is -0.413. The second-order valence-corrected chi connectivity index (χ2v) is 4.25. The lowest BCUT2D eigenvalue weighted by molar-refractivity contribution is 0.0663. The molecule has 0 spiro atoms. The summed E-state index contributed by atoms with van der Waals surface area (Å²) < 4.78 is 32.0. The molecule has 0 bridgehead atoms. The Balaban J connectivity index is 2.31. The molecule has 1 heterocycles. The first kappa shape index (κ1) is 12.6. The summed E-state index contributed by atoms with van der Waals surface area (Å²) in [6.07, 6.45) is 0. The molecule has 0 unspecified atom stereocenters. The van der Waals surface area contributed by atoms with Gasteiger partial charge in [-0.3, -0.25) is 0 Å². The molecule has 7 heteroatoms. The van der Waals surface area contributed by atoms with E-state index in [4.69, 9.17) is 9.52 Å². The van der Waals surface area contributed by atoms with Crippen LogP contribution < -0.4 is 5.32 Å². The third-order valence-electron chi connectivity index (χ3n) is 2.07. The quantitative estimate of drug-likeness (QED) is 0.904. The summed E-state index contributed by atoms with van der Waals surface area (Å²) in [4.78, 5) is 10.6. The molecule has 0 saturated heterocycles. The zero-order chi connectivity index (χ0) is 13.3. The number of anilines is 2. The first-order valence-corrected chi connectivity index (χ1v) is 5.51.